The van der Waals surface area contributed by atoms with E-state index in [1.165, 1.54) is 5.56 Å². The largest absolute Gasteiger partial charge is 0.507 e. The van der Waals surface area contributed by atoms with Crippen LogP contribution in [0, 0.1) is 5.92 Å². The summed E-state index contributed by atoms with van der Waals surface area (Å²) in [5, 5.41) is 12.6. The highest BCUT2D eigenvalue weighted by atomic mass is 16.3. The van der Waals surface area contributed by atoms with Crippen molar-refractivity contribution < 1.29 is 16.1 Å². The number of aromatic hydroxyl groups is 1. The van der Waals surface area contributed by atoms with E-state index in [4.69, 9.17) is 14.6 Å². The second-order valence-corrected chi connectivity index (χ2v) is 19.9. The maximum atomic E-state index is 12.6. The highest BCUT2D eigenvalue weighted by molar-refractivity contribution is 5.98. The fourth-order valence-electron chi connectivity index (χ4n) is 8.10. The molecule has 0 unspecified atom stereocenters. The normalized spacial score (nSPS) is 14.2. The molecule has 0 amide bonds. The van der Waals surface area contributed by atoms with E-state index in [1.54, 1.807) is 0 Å². The van der Waals surface area contributed by atoms with E-state index in [0.717, 1.165) is 56.6 Å². The number of rotatable bonds is 8. The summed E-state index contributed by atoms with van der Waals surface area (Å²) in [7, 11) is 0. The highest BCUT2D eigenvalue weighted by Crippen LogP contribution is 2.46. The van der Waals surface area contributed by atoms with Crippen molar-refractivity contribution in [3.8, 4) is 67.5 Å². The van der Waals surface area contributed by atoms with Gasteiger partial charge in [-0.1, -0.05) is 167 Å². The monoisotopic (exact) mass is 824 g/mol. The molecule has 0 atom stereocenters. The van der Waals surface area contributed by atoms with E-state index in [9.17, 15) is 6.48 Å². The van der Waals surface area contributed by atoms with Gasteiger partial charge in [0.2, 0.25) is 0 Å². The van der Waals surface area contributed by atoms with Crippen LogP contribution < -0.4 is 0 Å². The predicted octanol–water partition coefficient (Wildman–Crippen LogP) is 15.6. The Morgan fingerprint density at radius 2 is 1.31 bits per heavy atom. The molecule has 0 radical (unpaired) electrons. The Hall–Kier alpha value is -6.26. The molecule has 0 aliphatic rings. The van der Waals surface area contributed by atoms with Crippen molar-refractivity contribution in [2.45, 2.75) is 98.8 Å². The lowest BCUT2D eigenvalue weighted by molar-refractivity contribution is 0.446. The van der Waals surface area contributed by atoms with Crippen LogP contribution in [0.15, 0.2) is 146 Å². The third-order valence-electron chi connectivity index (χ3n) is 11.5. The summed E-state index contributed by atoms with van der Waals surface area (Å²) in [6.07, 6.45) is 0.393. The first-order chi connectivity index (χ1) is 32.7. The van der Waals surface area contributed by atoms with E-state index >= 15 is 0 Å². The zero-order valence-electron chi connectivity index (χ0n) is 45.8. The Balaban J connectivity index is 1.48. The fraction of sp³-hybridized carbons (Fsp3) is 0.276. The number of benzene rings is 6. The molecule has 314 valence electrons. The van der Waals surface area contributed by atoms with Crippen molar-refractivity contribution in [3.63, 3.8) is 0 Å². The first kappa shape index (κ1) is 33.4. The maximum absolute atomic E-state index is 12.6. The molecule has 0 saturated heterocycles. The summed E-state index contributed by atoms with van der Waals surface area (Å²) in [4.78, 5) is 10.1. The van der Waals surface area contributed by atoms with Gasteiger partial charge in [-0.05, 0) is 116 Å². The lowest BCUT2D eigenvalue weighted by Gasteiger charge is -2.27. The standard InChI is InChI=1S/C58H61N3O/c1-37(2)29-38-25-26-51(47(30-38)40-21-16-13-17-22-40)61-52-24-18-23-46(53(52)60-55(61)48-35-45(57(6,7)8)36-49(54(48)62)58(9,10)11)42-31-43(33-44(32-42)56(3,4)5)50-34-41(27-28-59-50)39-19-14-12-15-20-39/h12-28,30-37,62H,29H2,1-11H3/i12D,14D,15D,19D,20D,27D,28D,34D. The number of pyridine rings is 1. The number of para-hydroxylation sites is 1. The molecule has 1 N–H and O–H groups in total. The summed E-state index contributed by atoms with van der Waals surface area (Å²) in [5.41, 5.74) is 9.15. The van der Waals surface area contributed by atoms with Crippen LogP contribution in [0.4, 0.5) is 0 Å². The molecule has 8 aromatic rings. The quantitative estimate of drug-likeness (QED) is 0.166. The molecule has 6 aromatic carbocycles. The van der Waals surface area contributed by atoms with Gasteiger partial charge in [0, 0.05) is 28.4 Å². The van der Waals surface area contributed by atoms with Crippen molar-refractivity contribution in [1.82, 2.24) is 14.5 Å². The number of phenols is 1. The average Bonchev–Trinajstić information content (AvgIpc) is 3.68. The molecule has 0 aliphatic carbocycles. The van der Waals surface area contributed by atoms with Crippen molar-refractivity contribution in [1.29, 1.82) is 0 Å². The van der Waals surface area contributed by atoms with Gasteiger partial charge in [0.05, 0.1) is 38.9 Å². The summed E-state index contributed by atoms with van der Waals surface area (Å²) in [6, 6.07) is 29.3. The molecule has 0 bridgehead atoms. The summed E-state index contributed by atoms with van der Waals surface area (Å²) in [6.45, 7) is 23.5. The molecule has 0 spiro atoms. The van der Waals surface area contributed by atoms with Gasteiger partial charge in [0.25, 0.3) is 0 Å². The van der Waals surface area contributed by atoms with Gasteiger partial charge >= 0.3 is 0 Å². The smallest absolute Gasteiger partial charge is 0.149 e. The summed E-state index contributed by atoms with van der Waals surface area (Å²) < 4.78 is 71.9. The Morgan fingerprint density at radius 1 is 0.613 bits per heavy atom. The minimum atomic E-state index is -0.598. The molecule has 62 heavy (non-hydrogen) atoms. The number of aromatic nitrogens is 3. The predicted molar refractivity (Wildman–Crippen MR) is 262 cm³/mol. The zero-order valence-corrected chi connectivity index (χ0v) is 37.8. The highest BCUT2D eigenvalue weighted by Gasteiger charge is 2.29. The number of nitrogens with zero attached hydrogens (tertiary/aromatic N) is 3. The number of fused-ring (bicyclic) bond motifs is 1. The minimum absolute atomic E-state index is 0.0289. The SMILES string of the molecule is [2H]c1nc(-c2cc(-c3cccc4c3nc(-c3cc(C(C)(C)C)cc(C(C)(C)C)c3O)n4-c3ccc(CC(C)C)cc3-c3ccccc3)cc(C(C)(C)C)c2)c([2H])c(-c2c([2H])c([2H])c([2H])c([2H])c2[2H])c1[2H]. The van der Waals surface area contributed by atoms with Gasteiger partial charge in [-0.2, -0.15) is 0 Å². The van der Waals surface area contributed by atoms with Crippen LogP contribution in [0.3, 0.4) is 0 Å². The first-order valence-electron chi connectivity index (χ1n) is 25.5. The third-order valence-corrected chi connectivity index (χ3v) is 11.5. The average molecular weight is 824 g/mol. The van der Waals surface area contributed by atoms with E-state index in [-0.39, 0.29) is 34.0 Å². The molecule has 0 fully saturated rings. The number of hydrogen-bond donors (Lipinski definition) is 1. The maximum Gasteiger partial charge on any atom is 0.149 e. The molecule has 2 heterocycles. The Kier molecular flexibility index (Phi) is 8.73. The van der Waals surface area contributed by atoms with Gasteiger partial charge in [-0.25, -0.2) is 4.98 Å². The molecule has 8 rings (SSSR count). The molecule has 0 aliphatic heterocycles. The van der Waals surface area contributed by atoms with Crippen LogP contribution in [0.5, 0.6) is 5.75 Å². The van der Waals surface area contributed by atoms with Gasteiger partial charge in [-0.15, -0.1) is 0 Å². The first-order valence-corrected chi connectivity index (χ1v) is 21.5. The lowest BCUT2D eigenvalue weighted by Crippen LogP contribution is -2.17. The number of imidazole rings is 1. The Morgan fingerprint density at radius 3 is 1.98 bits per heavy atom. The number of hydrogen-bond acceptors (Lipinski definition) is 3. The minimum Gasteiger partial charge on any atom is -0.507 e. The van der Waals surface area contributed by atoms with Gasteiger partial charge in [0.15, 0.2) is 0 Å². The van der Waals surface area contributed by atoms with Crippen LogP contribution in [0.2, 0.25) is 0 Å². The van der Waals surface area contributed by atoms with Gasteiger partial charge in [0.1, 0.15) is 11.6 Å². The molecule has 4 nitrogen and oxygen atoms in total. The Labute approximate surface area is 380 Å². The van der Waals surface area contributed by atoms with E-state index in [0.29, 0.717) is 28.4 Å². The molecule has 2 aromatic heterocycles. The fourth-order valence-corrected chi connectivity index (χ4v) is 8.10. The topological polar surface area (TPSA) is 50.9 Å². The third kappa shape index (κ3) is 8.48. The molecule has 0 saturated carbocycles. The van der Waals surface area contributed by atoms with Crippen LogP contribution in [0.1, 0.15) is 109 Å². The second-order valence-electron chi connectivity index (χ2n) is 19.9. The van der Waals surface area contributed by atoms with Crippen LogP contribution >= 0.6 is 0 Å². The van der Waals surface area contributed by atoms with Crippen LogP contribution in [0.25, 0.3) is 72.7 Å². The lowest BCUT2D eigenvalue weighted by atomic mass is 9.79. The van der Waals surface area contributed by atoms with Crippen LogP contribution in [-0.4, -0.2) is 19.6 Å². The zero-order chi connectivity index (χ0) is 51.1. The molecule has 4 heteroatoms. The van der Waals surface area contributed by atoms with Gasteiger partial charge < -0.3 is 5.11 Å². The van der Waals surface area contributed by atoms with E-state index in [1.807, 2.05) is 48.5 Å². The summed E-state index contributed by atoms with van der Waals surface area (Å²) >= 11 is 0. The van der Waals surface area contributed by atoms with Crippen molar-refractivity contribution in [3.05, 3.63) is 168 Å². The molecular formula is C58H61N3O. The Bertz CT molecular complexity index is 3350. The number of phenolic OH excluding ortho intramolecular Hbond substituents is 1. The summed E-state index contributed by atoms with van der Waals surface area (Å²) in [5.74, 6) is 1.14. The van der Waals surface area contributed by atoms with Gasteiger partial charge in [-0.3, -0.25) is 9.55 Å². The van der Waals surface area contributed by atoms with Crippen LogP contribution in [-0.2, 0) is 22.7 Å². The van der Waals surface area contributed by atoms with E-state index in [2.05, 4.69) is 134 Å². The van der Waals surface area contributed by atoms with E-state index < -0.39 is 53.3 Å². The second kappa shape index (κ2) is 16.2. The van der Waals surface area contributed by atoms with Crippen molar-refractivity contribution in [2.75, 3.05) is 0 Å². The molecular weight excluding hydrogens is 755 g/mol. The van der Waals surface area contributed by atoms with Crippen molar-refractivity contribution in [2.24, 2.45) is 5.92 Å². The van der Waals surface area contributed by atoms with Crippen molar-refractivity contribution >= 4 is 11.0 Å².